The molecular weight excluding hydrogens is 263 g/mol. The Morgan fingerprint density at radius 2 is 2.25 bits per heavy atom. The monoisotopic (exact) mass is 282 g/mol. The van der Waals surface area contributed by atoms with Crippen molar-refractivity contribution in [1.82, 2.24) is 9.80 Å². The maximum atomic E-state index is 13.6. The molecule has 1 unspecified atom stereocenters. The quantitative estimate of drug-likeness (QED) is 0.653. The van der Waals surface area contributed by atoms with E-state index in [4.69, 9.17) is 5.73 Å². The zero-order valence-corrected chi connectivity index (χ0v) is 11.5. The summed E-state index contributed by atoms with van der Waals surface area (Å²) in [7, 11) is 2.05. The van der Waals surface area contributed by atoms with Crippen LogP contribution in [0.5, 0.6) is 0 Å². The molecule has 7 heteroatoms. The highest BCUT2D eigenvalue weighted by molar-refractivity contribution is 5.35. The Morgan fingerprint density at radius 1 is 1.50 bits per heavy atom. The summed E-state index contributed by atoms with van der Waals surface area (Å²) in [6, 6.07) is 4.29. The van der Waals surface area contributed by atoms with Crippen LogP contribution in [0.4, 0.5) is 10.1 Å². The summed E-state index contributed by atoms with van der Waals surface area (Å²) in [4.78, 5) is 14.3. The molecule has 1 atom stereocenters. The van der Waals surface area contributed by atoms with Gasteiger partial charge in [0.15, 0.2) is 0 Å². The van der Waals surface area contributed by atoms with Crippen LogP contribution in [0.25, 0.3) is 0 Å². The third kappa shape index (κ3) is 3.30. The molecule has 0 spiro atoms. The zero-order chi connectivity index (χ0) is 14.7. The number of hydrogen-bond donors (Lipinski definition) is 1. The van der Waals surface area contributed by atoms with Gasteiger partial charge in [-0.3, -0.25) is 15.0 Å². The molecule has 1 aromatic rings. The van der Waals surface area contributed by atoms with Gasteiger partial charge in [0.05, 0.1) is 4.92 Å². The second-order valence-electron chi connectivity index (χ2n) is 5.17. The first-order valence-electron chi connectivity index (χ1n) is 6.56. The predicted octanol–water partition coefficient (Wildman–Crippen LogP) is 0.809. The van der Waals surface area contributed by atoms with Crippen molar-refractivity contribution >= 4 is 5.69 Å². The fraction of sp³-hybridized carbons (Fsp3) is 0.538. The Hall–Kier alpha value is -1.57. The van der Waals surface area contributed by atoms with E-state index < -0.39 is 16.4 Å². The molecule has 1 aliphatic rings. The highest BCUT2D eigenvalue weighted by Crippen LogP contribution is 2.20. The van der Waals surface area contributed by atoms with Crippen LogP contribution in [0.1, 0.15) is 5.56 Å². The van der Waals surface area contributed by atoms with Crippen molar-refractivity contribution in [2.75, 3.05) is 33.2 Å². The first kappa shape index (κ1) is 14.8. The first-order chi connectivity index (χ1) is 9.51. The summed E-state index contributed by atoms with van der Waals surface area (Å²) < 4.78 is 13.6. The molecule has 110 valence electrons. The largest absolute Gasteiger partial charge is 0.329 e. The van der Waals surface area contributed by atoms with Gasteiger partial charge in [-0.25, -0.2) is 0 Å². The molecule has 0 aliphatic carbocycles. The standard InChI is InChI=1S/C13H19FN4O2/c1-16-4-5-17(11(7-15)9-16)8-10-2-3-13(18(19)20)12(14)6-10/h2-3,6,11H,4-5,7-9,15H2,1H3. The van der Waals surface area contributed by atoms with Crippen LogP contribution in [0.2, 0.25) is 0 Å². The van der Waals surface area contributed by atoms with Crippen LogP contribution in [0, 0.1) is 15.9 Å². The van der Waals surface area contributed by atoms with E-state index >= 15 is 0 Å². The number of likely N-dealkylation sites (N-methyl/N-ethyl adjacent to an activating group) is 1. The summed E-state index contributed by atoms with van der Waals surface area (Å²) in [5.41, 5.74) is 6.02. The van der Waals surface area contributed by atoms with Crippen LogP contribution in [0.3, 0.4) is 0 Å². The Bertz CT molecular complexity index is 497. The Labute approximate surface area is 117 Å². The molecule has 1 fully saturated rings. The molecule has 0 amide bonds. The van der Waals surface area contributed by atoms with Crippen LogP contribution in [-0.2, 0) is 6.54 Å². The molecule has 1 aromatic carbocycles. The number of piperazine rings is 1. The van der Waals surface area contributed by atoms with Crippen molar-refractivity contribution in [2.45, 2.75) is 12.6 Å². The van der Waals surface area contributed by atoms with Crippen molar-refractivity contribution in [3.05, 3.63) is 39.7 Å². The molecular formula is C13H19FN4O2. The fourth-order valence-electron chi connectivity index (χ4n) is 2.51. The minimum Gasteiger partial charge on any atom is -0.329 e. The minimum absolute atomic E-state index is 0.229. The summed E-state index contributed by atoms with van der Waals surface area (Å²) in [5.74, 6) is -0.786. The second-order valence-corrected chi connectivity index (χ2v) is 5.17. The molecule has 0 radical (unpaired) electrons. The lowest BCUT2D eigenvalue weighted by Gasteiger charge is -2.39. The van der Waals surface area contributed by atoms with Gasteiger partial charge in [-0.05, 0) is 18.7 Å². The van der Waals surface area contributed by atoms with Crippen LogP contribution >= 0.6 is 0 Å². The van der Waals surface area contributed by atoms with Crippen molar-refractivity contribution in [3.63, 3.8) is 0 Å². The molecule has 20 heavy (non-hydrogen) atoms. The van der Waals surface area contributed by atoms with Gasteiger partial charge in [-0.2, -0.15) is 4.39 Å². The average molecular weight is 282 g/mol. The summed E-state index contributed by atoms with van der Waals surface area (Å²) in [6.07, 6.45) is 0. The molecule has 1 heterocycles. The van der Waals surface area contributed by atoms with Crippen molar-refractivity contribution in [2.24, 2.45) is 5.73 Å². The Morgan fingerprint density at radius 3 is 2.85 bits per heavy atom. The van der Waals surface area contributed by atoms with E-state index in [0.717, 1.165) is 25.2 Å². The van der Waals surface area contributed by atoms with Crippen LogP contribution in [-0.4, -0.2) is 54.0 Å². The molecule has 0 aromatic heterocycles. The van der Waals surface area contributed by atoms with Gasteiger partial charge in [0.1, 0.15) is 0 Å². The van der Waals surface area contributed by atoms with Crippen molar-refractivity contribution in [1.29, 1.82) is 0 Å². The third-order valence-electron chi connectivity index (χ3n) is 3.67. The summed E-state index contributed by atoms with van der Waals surface area (Å²) in [5, 5.41) is 10.6. The number of benzene rings is 1. The number of rotatable bonds is 4. The average Bonchev–Trinajstić information content (AvgIpc) is 2.40. The van der Waals surface area contributed by atoms with Gasteiger partial charge >= 0.3 is 5.69 Å². The van der Waals surface area contributed by atoms with Crippen molar-refractivity contribution < 1.29 is 9.31 Å². The molecule has 1 saturated heterocycles. The number of nitro benzene ring substituents is 1. The maximum absolute atomic E-state index is 13.6. The summed E-state index contributed by atoms with van der Waals surface area (Å²) >= 11 is 0. The van der Waals surface area contributed by atoms with Gasteiger partial charge < -0.3 is 10.6 Å². The topological polar surface area (TPSA) is 75.6 Å². The van der Waals surface area contributed by atoms with Crippen molar-refractivity contribution in [3.8, 4) is 0 Å². The minimum atomic E-state index is -0.786. The zero-order valence-electron chi connectivity index (χ0n) is 11.5. The lowest BCUT2D eigenvalue weighted by Crippen LogP contribution is -2.54. The molecule has 2 N–H and O–H groups in total. The van der Waals surface area contributed by atoms with Crippen LogP contribution < -0.4 is 5.73 Å². The normalized spacial score (nSPS) is 21.1. The maximum Gasteiger partial charge on any atom is 0.304 e. The van der Waals surface area contributed by atoms with Crippen LogP contribution in [0.15, 0.2) is 18.2 Å². The molecule has 6 nitrogen and oxygen atoms in total. The van der Waals surface area contributed by atoms with Gasteiger partial charge in [0.25, 0.3) is 0 Å². The van der Waals surface area contributed by atoms with E-state index in [9.17, 15) is 14.5 Å². The van der Waals surface area contributed by atoms with E-state index in [1.165, 1.54) is 12.1 Å². The predicted molar refractivity (Wildman–Crippen MR) is 73.8 cm³/mol. The highest BCUT2D eigenvalue weighted by atomic mass is 19.1. The van der Waals surface area contributed by atoms with E-state index in [1.54, 1.807) is 6.07 Å². The smallest absolute Gasteiger partial charge is 0.304 e. The lowest BCUT2D eigenvalue weighted by molar-refractivity contribution is -0.387. The Kier molecular flexibility index (Phi) is 4.64. The number of nitrogens with zero attached hydrogens (tertiary/aromatic N) is 3. The lowest BCUT2D eigenvalue weighted by atomic mass is 10.1. The number of halogens is 1. The number of nitro groups is 1. The molecule has 1 aliphatic heterocycles. The Balaban J connectivity index is 2.09. The van der Waals surface area contributed by atoms with Gasteiger partial charge in [-0.1, -0.05) is 6.07 Å². The summed E-state index contributed by atoms with van der Waals surface area (Å²) in [6.45, 7) is 3.78. The van der Waals surface area contributed by atoms with Gasteiger partial charge in [0.2, 0.25) is 5.82 Å². The molecule has 0 saturated carbocycles. The number of nitrogens with two attached hydrogens (primary N) is 1. The van der Waals surface area contributed by atoms with E-state index in [1.807, 2.05) is 7.05 Å². The fourth-order valence-corrected chi connectivity index (χ4v) is 2.51. The van der Waals surface area contributed by atoms with Gasteiger partial charge in [0, 0.05) is 44.8 Å². The molecule has 0 bridgehead atoms. The van der Waals surface area contributed by atoms with E-state index in [2.05, 4.69) is 9.80 Å². The third-order valence-corrected chi connectivity index (χ3v) is 3.67. The van der Waals surface area contributed by atoms with E-state index in [-0.39, 0.29) is 6.04 Å². The van der Waals surface area contributed by atoms with E-state index in [0.29, 0.717) is 13.1 Å². The highest BCUT2D eigenvalue weighted by Gasteiger charge is 2.24. The number of hydrogen-bond acceptors (Lipinski definition) is 5. The second kappa shape index (κ2) is 6.25. The molecule has 2 rings (SSSR count). The van der Waals surface area contributed by atoms with Gasteiger partial charge in [-0.15, -0.1) is 0 Å². The SMILES string of the molecule is CN1CCN(Cc2ccc([N+](=O)[O-])c(F)c2)C(CN)C1. The first-order valence-corrected chi connectivity index (χ1v) is 6.56.